The maximum Gasteiger partial charge on any atom is 0.409 e. The number of rotatable bonds is 5. The van der Waals surface area contributed by atoms with Gasteiger partial charge in [0.15, 0.2) is 0 Å². The molecule has 0 spiro atoms. The molecule has 0 bridgehead atoms. The SMILES string of the molecule is CCOC(=O)N1CCN(S(=O)(=O)N2CCC(N(C)S(C)(=O)=O)CC2)CC1. The normalized spacial score (nSPS) is 21.9. The molecule has 0 unspecified atom stereocenters. The number of amides is 1. The Kier molecular flexibility index (Phi) is 6.88. The zero-order valence-corrected chi connectivity index (χ0v) is 17.1. The fraction of sp³-hybridized carbons (Fsp3) is 0.929. The number of carbonyl (C=O) groups is 1. The Balaban J connectivity index is 1.91. The van der Waals surface area contributed by atoms with Crippen LogP contribution in [0.3, 0.4) is 0 Å². The van der Waals surface area contributed by atoms with Gasteiger partial charge >= 0.3 is 6.09 Å². The predicted octanol–water partition coefficient (Wildman–Crippen LogP) is -0.639. The van der Waals surface area contributed by atoms with Gasteiger partial charge in [0.1, 0.15) is 0 Å². The van der Waals surface area contributed by atoms with E-state index in [1.165, 1.54) is 24.9 Å². The van der Waals surface area contributed by atoms with Crippen molar-refractivity contribution in [1.82, 2.24) is 17.8 Å². The summed E-state index contributed by atoms with van der Waals surface area (Å²) in [4.78, 5) is 13.2. The Labute approximate surface area is 155 Å². The van der Waals surface area contributed by atoms with E-state index in [1.54, 1.807) is 6.92 Å². The Bertz CT molecular complexity index is 695. The molecule has 2 aliphatic rings. The molecule has 0 aliphatic carbocycles. The molecule has 2 heterocycles. The fourth-order valence-corrected chi connectivity index (χ4v) is 5.56. The van der Waals surface area contributed by atoms with Gasteiger partial charge in [-0.15, -0.1) is 0 Å². The number of sulfonamides is 1. The molecule has 152 valence electrons. The highest BCUT2D eigenvalue weighted by Crippen LogP contribution is 2.22. The molecule has 2 fully saturated rings. The van der Waals surface area contributed by atoms with Crippen molar-refractivity contribution in [2.75, 3.05) is 59.2 Å². The molecule has 0 aromatic carbocycles. The number of carbonyl (C=O) groups excluding carboxylic acids is 1. The second-order valence-corrected chi connectivity index (χ2v) is 10.5. The highest BCUT2D eigenvalue weighted by Gasteiger charge is 2.37. The van der Waals surface area contributed by atoms with Gasteiger partial charge in [-0.05, 0) is 19.8 Å². The maximum absolute atomic E-state index is 12.8. The van der Waals surface area contributed by atoms with Gasteiger partial charge in [-0.3, -0.25) is 0 Å². The van der Waals surface area contributed by atoms with Crippen LogP contribution in [0.1, 0.15) is 19.8 Å². The van der Waals surface area contributed by atoms with Crippen molar-refractivity contribution in [3.8, 4) is 0 Å². The minimum atomic E-state index is -3.61. The third-order valence-electron chi connectivity index (χ3n) is 4.88. The molecule has 0 N–H and O–H groups in total. The van der Waals surface area contributed by atoms with Crippen LogP contribution in [0.2, 0.25) is 0 Å². The third kappa shape index (κ3) is 4.85. The zero-order valence-electron chi connectivity index (χ0n) is 15.5. The minimum absolute atomic E-state index is 0.183. The second kappa shape index (κ2) is 8.38. The number of piperidine rings is 1. The van der Waals surface area contributed by atoms with E-state index in [1.807, 2.05) is 0 Å². The summed E-state index contributed by atoms with van der Waals surface area (Å²) in [5.41, 5.74) is 0. The molecule has 2 rings (SSSR count). The monoisotopic (exact) mass is 412 g/mol. The highest BCUT2D eigenvalue weighted by molar-refractivity contribution is 7.88. The van der Waals surface area contributed by atoms with Crippen LogP contribution in [-0.4, -0.2) is 106 Å². The van der Waals surface area contributed by atoms with Crippen molar-refractivity contribution in [1.29, 1.82) is 0 Å². The average Bonchev–Trinajstić information content (AvgIpc) is 2.60. The third-order valence-corrected chi connectivity index (χ3v) is 8.26. The Morgan fingerprint density at radius 1 is 1.00 bits per heavy atom. The van der Waals surface area contributed by atoms with E-state index in [9.17, 15) is 21.6 Å². The molecule has 26 heavy (non-hydrogen) atoms. The molecule has 0 atom stereocenters. The molecule has 1 amide bonds. The fourth-order valence-electron chi connectivity index (χ4n) is 3.19. The van der Waals surface area contributed by atoms with Crippen LogP contribution < -0.4 is 0 Å². The summed E-state index contributed by atoms with van der Waals surface area (Å²) in [5, 5.41) is 0. The van der Waals surface area contributed by atoms with Crippen LogP contribution >= 0.6 is 0 Å². The molecule has 0 saturated carbocycles. The number of hydrogen-bond acceptors (Lipinski definition) is 6. The summed E-state index contributed by atoms with van der Waals surface area (Å²) in [6, 6.07) is -0.183. The highest BCUT2D eigenvalue weighted by atomic mass is 32.2. The summed E-state index contributed by atoms with van der Waals surface area (Å²) < 4.78 is 57.9. The smallest absolute Gasteiger partial charge is 0.409 e. The molecular formula is C14H28N4O6S2. The number of piperazine rings is 1. The van der Waals surface area contributed by atoms with Gasteiger partial charge in [-0.1, -0.05) is 0 Å². The zero-order chi connectivity index (χ0) is 19.5. The van der Waals surface area contributed by atoms with E-state index in [-0.39, 0.29) is 38.8 Å². The first kappa shape index (κ1) is 21.4. The standard InChI is InChI=1S/C14H28N4O6S2/c1-4-24-14(19)16-9-11-18(12-10-16)26(22,23)17-7-5-13(6-8-17)15(2)25(3,20)21/h13H,4-12H2,1-3H3. The molecule has 10 nitrogen and oxygen atoms in total. The summed E-state index contributed by atoms with van der Waals surface area (Å²) in [6.07, 6.45) is 1.66. The van der Waals surface area contributed by atoms with Crippen LogP contribution in [0.15, 0.2) is 0 Å². The van der Waals surface area contributed by atoms with E-state index >= 15 is 0 Å². The van der Waals surface area contributed by atoms with Gasteiger partial charge in [0.25, 0.3) is 10.2 Å². The van der Waals surface area contributed by atoms with Crippen LogP contribution in [0.5, 0.6) is 0 Å². The van der Waals surface area contributed by atoms with Gasteiger partial charge in [0.2, 0.25) is 10.0 Å². The Morgan fingerprint density at radius 2 is 1.50 bits per heavy atom. The van der Waals surface area contributed by atoms with Crippen molar-refractivity contribution in [3.05, 3.63) is 0 Å². The van der Waals surface area contributed by atoms with E-state index in [0.29, 0.717) is 25.9 Å². The first-order valence-corrected chi connectivity index (χ1v) is 11.9. The summed E-state index contributed by atoms with van der Waals surface area (Å²) in [6.45, 7) is 3.62. The number of nitrogens with zero attached hydrogens (tertiary/aromatic N) is 4. The van der Waals surface area contributed by atoms with Gasteiger partial charge < -0.3 is 9.64 Å². The Morgan fingerprint density at radius 3 is 1.96 bits per heavy atom. The van der Waals surface area contributed by atoms with Crippen molar-refractivity contribution >= 4 is 26.3 Å². The summed E-state index contributed by atoms with van der Waals surface area (Å²) in [7, 11) is -5.37. The van der Waals surface area contributed by atoms with E-state index in [2.05, 4.69) is 0 Å². The van der Waals surface area contributed by atoms with Crippen LogP contribution in [-0.2, 0) is 25.0 Å². The van der Waals surface area contributed by atoms with E-state index < -0.39 is 26.3 Å². The van der Waals surface area contributed by atoms with Crippen LogP contribution in [0.25, 0.3) is 0 Å². The van der Waals surface area contributed by atoms with Gasteiger partial charge in [-0.2, -0.15) is 17.0 Å². The van der Waals surface area contributed by atoms with Crippen molar-refractivity contribution in [3.63, 3.8) is 0 Å². The summed E-state index contributed by atoms with van der Waals surface area (Å²) >= 11 is 0. The topological polar surface area (TPSA) is 108 Å². The lowest BCUT2D eigenvalue weighted by molar-refractivity contribution is 0.0920. The first-order chi connectivity index (χ1) is 12.1. The molecule has 2 saturated heterocycles. The lowest BCUT2D eigenvalue weighted by Gasteiger charge is -2.39. The predicted molar refractivity (Wildman–Crippen MR) is 96.3 cm³/mol. The van der Waals surface area contributed by atoms with Gasteiger partial charge in [0, 0.05) is 52.4 Å². The number of ether oxygens (including phenoxy) is 1. The number of hydrogen-bond donors (Lipinski definition) is 0. The van der Waals surface area contributed by atoms with Crippen LogP contribution in [0.4, 0.5) is 4.79 Å². The van der Waals surface area contributed by atoms with Crippen LogP contribution in [0, 0.1) is 0 Å². The minimum Gasteiger partial charge on any atom is -0.450 e. The molecule has 0 radical (unpaired) electrons. The molecule has 0 aromatic rings. The average molecular weight is 413 g/mol. The van der Waals surface area contributed by atoms with E-state index in [4.69, 9.17) is 4.74 Å². The lowest BCUT2D eigenvalue weighted by atomic mass is 10.1. The van der Waals surface area contributed by atoms with Crippen molar-refractivity contribution < 1.29 is 26.4 Å². The van der Waals surface area contributed by atoms with Crippen molar-refractivity contribution in [2.45, 2.75) is 25.8 Å². The van der Waals surface area contributed by atoms with E-state index in [0.717, 1.165) is 6.26 Å². The molecule has 12 heteroatoms. The Hall–Kier alpha value is -0.950. The first-order valence-electron chi connectivity index (χ1n) is 8.67. The maximum atomic E-state index is 12.8. The molecule has 0 aromatic heterocycles. The van der Waals surface area contributed by atoms with Gasteiger partial charge in [-0.25, -0.2) is 17.5 Å². The van der Waals surface area contributed by atoms with Gasteiger partial charge in [0.05, 0.1) is 12.9 Å². The molecule has 2 aliphatic heterocycles. The molecular weight excluding hydrogens is 384 g/mol. The lowest BCUT2D eigenvalue weighted by Crippen LogP contribution is -2.56. The summed E-state index contributed by atoms with van der Waals surface area (Å²) in [5.74, 6) is 0. The quantitative estimate of drug-likeness (QED) is 0.594. The largest absolute Gasteiger partial charge is 0.450 e. The van der Waals surface area contributed by atoms with Crippen molar-refractivity contribution in [2.24, 2.45) is 0 Å². The second-order valence-electron chi connectivity index (χ2n) is 6.50.